The van der Waals surface area contributed by atoms with Gasteiger partial charge in [-0.2, -0.15) is 0 Å². The standard InChI is InChI=1S/C24H24ClN3O5/c1-31-15-9-10-16(22(12-15)32-2)20-7-5-11-28(20)24-26-13-17(23(29)30)19(27-24)14-33-21-8-4-3-6-18(21)25/h3-4,6,8-10,12-13,20H,5,7,11,14H2,1-2H3,(H,29,30)/t20-/m0/s1. The lowest BCUT2D eigenvalue weighted by atomic mass is 10.0. The number of nitrogens with zero attached hydrogens (tertiary/aromatic N) is 3. The number of aromatic carboxylic acids is 1. The fourth-order valence-electron chi connectivity index (χ4n) is 3.96. The smallest absolute Gasteiger partial charge is 0.339 e. The van der Waals surface area contributed by atoms with E-state index in [1.54, 1.807) is 38.5 Å². The number of hydrogen-bond donors (Lipinski definition) is 1. The van der Waals surface area contributed by atoms with E-state index in [4.69, 9.17) is 25.8 Å². The zero-order valence-corrected chi connectivity index (χ0v) is 19.1. The minimum Gasteiger partial charge on any atom is -0.497 e. The average molecular weight is 470 g/mol. The highest BCUT2D eigenvalue weighted by molar-refractivity contribution is 6.32. The summed E-state index contributed by atoms with van der Waals surface area (Å²) in [6, 6.07) is 12.7. The van der Waals surface area contributed by atoms with Crippen molar-refractivity contribution < 1.29 is 24.1 Å². The number of anilines is 1. The Hall–Kier alpha value is -3.52. The number of carbonyl (C=O) groups is 1. The molecule has 1 atom stereocenters. The lowest BCUT2D eigenvalue weighted by molar-refractivity contribution is 0.0692. The van der Waals surface area contributed by atoms with Crippen molar-refractivity contribution >= 4 is 23.5 Å². The van der Waals surface area contributed by atoms with Crippen LogP contribution in [0.3, 0.4) is 0 Å². The zero-order chi connectivity index (χ0) is 23.4. The van der Waals surface area contributed by atoms with Crippen LogP contribution in [0.1, 0.15) is 40.5 Å². The molecule has 33 heavy (non-hydrogen) atoms. The van der Waals surface area contributed by atoms with Crippen LogP contribution in [0.2, 0.25) is 5.02 Å². The third-order valence-electron chi connectivity index (χ3n) is 5.60. The van der Waals surface area contributed by atoms with E-state index >= 15 is 0 Å². The summed E-state index contributed by atoms with van der Waals surface area (Å²) in [5.74, 6) is 1.21. The van der Waals surface area contributed by atoms with Gasteiger partial charge in [0.05, 0.1) is 31.0 Å². The number of ether oxygens (including phenoxy) is 3. The van der Waals surface area contributed by atoms with Crippen molar-refractivity contribution in [2.24, 2.45) is 0 Å². The number of hydrogen-bond acceptors (Lipinski definition) is 7. The summed E-state index contributed by atoms with van der Waals surface area (Å²) < 4.78 is 16.7. The highest BCUT2D eigenvalue weighted by Gasteiger charge is 2.31. The summed E-state index contributed by atoms with van der Waals surface area (Å²) in [4.78, 5) is 22.8. The van der Waals surface area contributed by atoms with Crippen molar-refractivity contribution in [2.45, 2.75) is 25.5 Å². The third kappa shape index (κ3) is 4.80. The predicted octanol–water partition coefficient (Wildman–Crippen LogP) is 4.77. The molecule has 1 fully saturated rings. The number of aromatic nitrogens is 2. The average Bonchev–Trinajstić information content (AvgIpc) is 3.32. The van der Waals surface area contributed by atoms with E-state index in [-0.39, 0.29) is 23.9 Å². The van der Waals surface area contributed by atoms with Gasteiger partial charge in [0.2, 0.25) is 5.95 Å². The molecule has 9 heteroatoms. The minimum atomic E-state index is -1.12. The Kier molecular flexibility index (Phi) is 6.84. The highest BCUT2D eigenvalue weighted by atomic mass is 35.5. The summed E-state index contributed by atoms with van der Waals surface area (Å²) in [6.07, 6.45) is 3.16. The highest BCUT2D eigenvalue weighted by Crippen LogP contribution is 2.40. The first-order valence-corrected chi connectivity index (χ1v) is 10.8. The number of rotatable bonds is 8. The molecule has 0 bridgehead atoms. The van der Waals surface area contributed by atoms with Crippen molar-refractivity contribution in [3.63, 3.8) is 0 Å². The molecule has 0 spiro atoms. The molecule has 1 saturated heterocycles. The van der Waals surface area contributed by atoms with Crippen LogP contribution in [0.25, 0.3) is 0 Å². The molecule has 1 N–H and O–H groups in total. The summed E-state index contributed by atoms with van der Waals surface area (Å²) in [5.41, 5.74) is 1.26. The lowest BCUT2D eigenvalue weighted by Crippen LogP contribution is -2.26. The number of carboxylic acids is 1. The molecule has 172 valence electrons. The molecule has 1 aromatic heterocycles. The molecule has 0 radical (unpaired) electrons. The van der Waals surface area contributed by atoms with Crippen LogP contribution in [0.15, 0.2) is 48.7 Å². The van der Waals surface area contributed by atoms with Crippen LogP contribution in [-0.4, -0.2) is 41.8 Å². The van der Waals surface area contributed by atoms with Crippen molar-refractivity contribution in [1.82, 2.24) is 9.97 Å². The number of methoxy groups -OCH3 is 2. The van der Waals surface area contributed by atoms with E-state index in [1.807, 2.05) is 18.2 Å². The van der Waals surface area contributed by atoms with Gasteiger partial charge in [-0.05, 0) is 37.1 Å². The molecular formula is C24H24ClN3O5. The summed E-state index contributed by atoms with van der Waals surface area (Å²) in [7, 11) is 3.24. The predicted molar refractivity (Wildman–Crippen MR) is 124 cm³/mol. The summed E-state index contributed by atoms with van der Waals surface area (Å²) >= 11 is 6.16. The first kappa shape index (κ1) is 22.7. The van der Waals surface area contributed by atoms with Gasteiger partial charge in [0, 0.05) is 24.4 Å². The molecule has 1 aliphatic rings. The molecule has 1 aliphatic heterocycles. The number of halogens is 1. The maximum absolute atomic E-state index is 11.8. The van der Waals surface area contributed by atoms with E-state index in [2.05, 4.69) is 14.9 Å². The Morgan fingerprint density at radius 1 is 1.18 bits per heavy atom. The van der Waals surface area contributed by atoms with Crippen LogP contribution in [0.4, 0.5) is 5.95 Å². The maximum atomic E-state index is 11.8. The second kappa shape index (κ2) is 9.95. The molecule has 3 aromatic rings. The fourth-order valence-corrected chi connectivity index (χ4v) is 4.16. The van der Waals surface area contributed by atoms with Crippen molar-refractivity contribution in [2.75, 3.05) is 25.7 Å². The second-order valence-electron chi connectivity index (χ2n) is 7.51. The van der Waals surface area contributed by atoms with E-state index in [1.165, 1.54) is 6.20 Å². The van der Waals surface area contributed by atoms with Crippen LogP contribution >= 0.6 is 11.6 Å². The van der Waals surface area contributed by atoms with Crippen LogP contribution in [0.5, 0.6) is 17.2 Å². The SMILES string of the molecule is COc1ccc([C@@H]2CCCN2c2ncc(C(=O)O)c(COc3ccccc3Cl)n2)c(OC)c1. The van der Waals surface area contributed by atoms with E-state index in [0.717, 1.165) is 30.7 Å². The molecule has 4 rings (SSSR count). The second-order valence-corrected chi connectivity index (χ2v) is 7.92. The quantitative estimate of drug-likeness (QED) is 0.504. The Balaban J connectivity index is 1.65. The Bertz CT molecular complexity index is 1160. The number of para-hydroxylation sites is 1. The summed E-state index contributed by atoms with van der Waals surface area (Å²) in [6.45, 7) is 0.683. The van der Waals surface area contributed by atoms with Crippen LogP contribution in [-0.2, 0) is 6.61 Å². The van der Waals surface area contributed by atoms with Gasteiger partial charge >= 0.3 is 5.97 Å². The molecule has 2 heterocycles. The van der Waals surface area contributed by atoms with Crippen molar-refractivity contribution in [1.29, 1.82) is 0 Å². The van der Waals surface area contributed by atoms with Gasteiger partial charge in [-0.3, -0.25) is 0 Å². The topological polar surface area (TPSA) is 94.0 Å². The third-order valence-corrected chi connectivity index (χ3v) is 5.91. The van der Waals surface area contributed by atoms with Gasteiger partial charge in [-0.25, -0.2) is 14.8 Å². The molecule has 0 saturated carbocycles. The minimum absolute atomic E-state index is 0.0106. The molecule has 8 nitrogen and oxygen atoms in total. The zero-order valence-electron chi connectivity index (χ0n) is 18.3. The van der Waals surface area contributed by atoms with Gasteiger partial charge in [0.25, 0.3) is 0 Å². The van der Waals surface area contributed by atoms with Gasteiger partial charge < -0.3 is 24.2 Å². The van der Waals surface area contributed by atoms with E-state index < -0.39 is 5.97 Å². The Labute approximate surface area is 196 Å². The molecule has 0 aliphatic carbocycles. The largest absolute Gasteiger partial charge is 0.497 e. The fraction of sp³-hybridized carbons (Fsp3) is 0.292. The molecule has 0 amide bonds. The van der Waals surface area contributed by atoms with E-state index in [9.17, 15) is 9.90 Å². The Morgan fingerprint density at radius 2 is 2.00 bits per heavy atom. The number of benzene rings is 2. The molecule has 0 unspecified atom stereocenters. The van der Waals surface area contributed by atoms with Gasteiger partial charge in [-0.1, -0.05) is 23.7 Å². The summed E-state index contributed by atoms with van der Waals surface area (Å²) in [5, 5.41) is 10.1. The van der Waals surface area contributed by atoms with Crippen LogP contribution < -0.4 is 19.1 Å². The molecule has 2 aromatic carbocycles. The van der Waals surface area contributed by atoms with Crippen molar-refractivity contribution in [3.8, 4) is 17.2 Å². The Morgan fingerprint density at radius 3 is 2.73 bits per heavy atom. The molecular weight excluding hydrogens is 446 g/mol. The van der Waals surface area contributed by atoms with Crippen LogP contribution in [0, 0.1) is 0 Å². The van der Waals surface area contributed by atoms with E-state index in [0.29, 0.717) is 22.5 Å². The van der Waals surface area contributed by atoms with Crippen molar-refractivity contribution in [3.05, 3.63) is 70.5 Å². The van der Waals surface area contributed by atoms with Gasteiger partial charge in [0.1, 0.15) is 29.4 Å². The monoisotopic (exact) mass is 469 g/mol. The normalized spacial score (nSPS) is 15.4. The lowest BCUT2D eigenvalue weighted by Gasteiger charge is -2.27. The number of carboxylic acid groups (broad SMARTS) is 1. The first-order valence-electron chi connectivity index (χ1n) is 10.5. The van der Waals surface area contributed by atoms with Gasteiger partial charge in [-0.15, -0.1) is 0 Å². The first-order chi connectivity index (χ1) is 16.0. The maximum Gasteiger partial charge on any atom is 0.339 e. The van der Waals surface area contributed by atoms with Gasteiger partial charge in [0.15, 0.2) is 0 Å².